The number of halogens is 1. The third-order valence-corrected chi connectivity index (χ3v) is 4.51. The fraction of sp³-hybridized carbons (Fsp3) is 0.429. The second kappa shape index (κ2) is 4.76. The number of likely N-dealkylation sites (N-methyl/N-ethyl adjacent to an activating group) is 1. The van der Waals surface area contributed by atoms with Gasteiger partial charge in [-0.25, -0.2) is 4.98 Å². The normalized spacial score (nSPS) is 23.1. The van der Waals surface area contributed by atoms with E-state index in [-0.39, 0.29) is 5.54 Å². The second-order valence-corrected chi connectivity index (χ2v) is 6.39. The van der Waals surface area contributed by atoms with E-state index in [1.165, 1.54) is 0 Å². The number of hydrogen-bond acceptors (Lipinski definition) is 5. The zero-order chi connectivity index (χ0) is 14.3. The number of nitrogens with zero attached hydrogens (tertiary/aromatic N) is 3. The van der Waals surface area contributed by atoms with Crippen LogP contribution in [-0.2, 0) is 0 Å². The molecule has 20 heavy (non-hydrogen) atoms. The number of likely N-dealkylation sites (tertiary alicyclic amines) is 1. The smallest absolute Gasteiger partial charge is 0.204 e. The topological polar surface area (TPSA) is 65.1 Å². The molecule has 0 aliphatic carbocycles. The molecule has 1 unspecified atom stereocenters. The van der Waals surface area contributed by atoms with Crippen molar-refractivity contribution in [2.75, 3.05) is 25.5 Å². The maximum absolute atomic E-state index is 8.90. The molecule has 6 heteroatoms. The molecule has 1 fully saturated rings. The van der Waals surface area contributed by atoms with E-state index in [1.807, 2.05) is 6.07 Å². The van der Waals surface area contributed by atoms with E-state index in [0.717, 1.165) is 35.2 Å². The molecule has 1 N–H and O–H groups in total. The highest BCUT2D eigenvalue weighted by Crippen LogP contribution is 2.34. The van der Waals surface area contributed by atoms with Crippen molar-refractivity contribution in [3.05, 3.63) is 22.5 Å². The third-order valence-electron chi connectivity index (χ3n) is 3.71. The summed E-state index contributed by atoms with van der Waals surface area (Å²) in [5.74, 6) is 1.09. The van der Waals surface area contributed by atoms with Crippen molar-refractivity contribution < 1.29 is 4.42 Å². The van der Waals surface area contributed by atoms with Gasteiger partial charge in [-0.2, -0.15) is 5.26 Å². The summed E-state index contributed by atoms with van der Waals surface area (Å²) in [7, 11) is 2.12. The highest BCUT2D eigenvalue weighted by atomic mass is 79.9. The summed E-state index contributed by atoms with van der Waals surface area (Å²) in [6.07, 6.45) is 2.73. The number of anilines is 1. The SMILES string of the molecule is CN1CCC(C)(Nc2ncc3oc(C#N)cc3c2Br)C1. The van der Waals surface area contributed by atoms with Gasteiger partial charge in [0.25, 0.3) is 0 Å². The third kappa shape index (κ3) is 2.28. The lowest BCUT2D eigenvalue weighted by Crippen LogP contribution is -2.37. The summed E-state index contributed by atoms with van der Waals surface area (Å²) in [6, 6.07) is 3.74. The summed E-state index contributed by atoms with van der Waals surface area (Å²) in [5.41, 5.74) is 0.632. The number of rotatable bonds is 2. The van der Waals surface area contributed by atoms with Gasteiger partial charge in [0.05, 0.1) is 10.7 Å². The predicted molar refractivity (Wildman–Crippen MR) is 80.6 cm³/mol. The lowest BCUT2D eigenvalue weighted by Gasteiger charge is -2.26. The van der Waals surface area contributed by atoms with Gasteiger partial charge in [-0.15, -0.1) is 0 Å². The molecule has 2 aromatic rings. The average molecular weight is 335 g/mol. The van der Waals surface area contributed by atoms with Crippen LogP contribution in [0, 0.1) is 11.3 Å². The minimum absolute atomic E-state index is 0.0136. The van der Waals surface area contributed by atoms with Crippen LogP contribution in [-0.4, -0.2) is 35.6 Å². The molecule has 0 bridgehead atoms. The van der Waals surface area contributed by atoms with E-state index in [2.05, 4.69) is 45.1 Å². The Hall–Kier alpha value is -1.58. The summed E-state index contributed by atoms with van der Waals surface area (Å²) in [5, 5.41) is 13.3. The first-order valence-corrected chi connectivity index (χ1v) is 7.25. The minimum atomic E-state index is 0.0136. The maximum atomic E-state index is 8.90. The summed E-state index contributed by atoms with van der Waals surface area (Å²) in [4.78, 5) is 6.70. The van der Waals surface area contributed by atoms with Crippen molar-refractivity contribution in [1.29, 1.82) is 5.26 Å². The van der Waals surface area contributed by atoms with Crippen LogP contribution in [0.3, 0.4) is 0 Å². The van der Waals surface area contributed by atoms with Gasteiger partial charge in [-0.05, 0) is 36.3 Å². The minimum Gasteiger partial charge on any atom is -0.444 e. The van der Waals surface area contributed by atoms with Crippen LogP contribution in [0.25, 0.3) is 11.0 Å². The van der Waals surface area contributed by atoms with Crippen molar-refractivity contribution in [3.63, 3.8) is 0 Å². The van der Waals surface area contributed by atoms with E-state index >= 15 is 0 Å². The molecule has 1 aliphatic heterocycles. The van der Waals surface area contributed by atoms with E-state index in [0.29, 0.717) is 11.3 Å². The monoisotopic (exact) mass is 334 g/mol. The zero-order valence-electron chi connectivity index (χ0n) is 11.4. The van der Waals surface area contributed by atoms with Gasteiger partial charge in [-0.3, -0.25) is 0 Å². The number of hydrogen-bond donors (Lipinski definition) is 1. The first-order chi connectivity index (χ1) is 9.50. The molecule has 5 nitrogen and oxygen atoms in total. The largest absolute Gasteiger partial charge is 0.444 e. The first kappa shape index (κ1) is 13.4. The highest BCUT2D eigenvalue weighted by molar-refractivity contribution is 9.10. The van der Waals surface area contributed by atoms with Gasteiger partial charge in [-0.1, -0.05) is 0 Å². The molecule has 1 saturated heterocycles. The zero-order valence-corrected chi connectivity index (χ0v) is 13.0. The number of nitriles is 1. The van der Waals surface area contributed by atoms with Crippen molar-refractivity contribution in [2.45, 2.75) is 18.9 Å². The number of pyridine rings is 1. The second-order valence-electron chi connectivity index (χ2n) is 5.59. The van der Waals surface area contributed by atoms with Gasteiger partial charge >= 0.3 is 0 Å². The standard InChI is InChI=1S/C14H15BrN4O/c1-14(3-4-19(2)8-14)18-13-12(15)10-5-9(6-16)20-11(10)7-17-13/h5,7H,3-4,8H2,1-2H3,(H,17,18). The van der Waals surface area contributed by atoms with Crippen LogP contribution in [0.2, 0.25) is 0 Å². The molecule has 1 atom stereocenters. The van der Waals surface area contributed by atoms with Crippen LogP contribution in [0.5, 0.6) is 0 Å². The van der Waals surface area contributed by atoms with Gasteiger partial charge in [0.2, 0.25) is 5.76 Å². The number of aromatic nitrogens is 1. The summed E-state index contributed by atoms with van der Waals surface area (Å²) < 4.78 is 6.22. The Kier molecular flexibility index (Phi) is 3.19. The van der Waals surface area contributed by atoms with Crippen molar-refractivity contribution in [1.82, 2.24) is 9.88 Å². The number of fused-ring (bicyclic) bond motifs is 1. The van der Waals surface area contributed by atoms with Crippen LogP contribution in [0.4, 0.5) is 5.82 Å². The molecule has 0 saturated carbocycles. The Labute approximate surface area is 125 Å². The number of furan rings is 1. The van der Waals surface area contributed by atoms with Gasteiger partial charge < -0.3 is 14.6 Å². The lowest BCUT2D eigenvalue weighted by molar-refractivity contribution is 0.392. The molecule has 0 amide bonds. The van der Waals surface area contributed by atoms with Crippen molar-refractivity contribution in [2.24, 2.45) is 0 Å². The first-order valence-electron chi connectivity index (χ1n) is 6.46. The van der Waals surface area contributed by atoms with E-state index in [9.17, 15) is 0 Å². The Morgan fingerprint density at radius 1 is 1.60 bits per heavy atom. The lowest BCUT2D eigenvalue weighted by atomic mass is 10.0. The quantitative estimate of drug-likeness (QED) is 0.914. The van der Waals surface area contributed by atoms with E-state index in [1.54, 1.807) is 12.3 Å². The fourth-order valence-corrected chi connectivity index (χ4v) is 3.21. The molecular formula is C14H15BrN4O. The van der Waals surface area contributed by atoms with Crippen LogP contribution in [0.15, 0.2) is 21.2 Å². The van der Waals surface area contributed by atoms with Crippen LogP contribution < -0.4 is 5.32 Å². The Balaban J connectivity index is 1.96. The summed E-state index contributed by atoms with van der Waals surface area (Å²) in [6.45, 7) is 4.26. The predicted octanol–water partition coefficient (Wildman–Crippen LogP) is 2.97. The molecular weight excluding hydrogens is 320 g/mol. The van der Waals surface area contributed by atoms with Crippen LogP contribution in [0.1, 0.15) is 19.1 Å². The fourth-order valence-electron chi connectivity index (χ4n) is 2.70. The molecule has 0 radical (unpaired) electrons. The molecule has 0 aromatic carbocycles. The average Bonchev–Trinajstić information content (AvgIpc) is 2.97. The number of nitrogens with one attached hydrogen (secondary N) is 1. The summed E-state index contributed by atoms with van der Waals surface area (Å²) >= 11 is 3.56. The van der Waals surface area contributed by atoms with E-state index < -0.39 is 0 Å². The molecule has 0 spiro atoms. The molecule has 3 rings (SSSR count). The Morgan fingerprint density at radius 2 is 2.40 bits per heavy atom. The highest BCUT2D eigenvalue weighted by Gasteiger charge is 2.32. The van der Waals surface area contributed by atoms with Gasteiger partial charge in [0.15, 0.2) is 5.58 Å². The van der Waals surface area contributed by atoms with Crippen molar-refractivity contribution >= 4 is 32.7 Å². The van der Waals surface area contributed by atoms with Gasteiger partial charge in [0, 0.05) is 30.1 Å². The molecule has 3 heterocycles. The maximum Gasteiger partial charge on any atom is 0.204 e. The Bertz CT molecular complexity index is 705. The molecule has 1 aliphatic rings. The molecule has 104 valence electrons. The van der Waals surface area contributed by atoms with E-state index in [4.69, 9.17) is 9.68 Å². The van der Waals surface area contributed by atoms with Crippen LogP contribution >= 0.6 is 15.9 Å². The Morgan fingerprint density at radius 3 is 3.05 bits per heavy atom. The molecule has 2 aromatic heterocycles. The van der Waals surface area contributed by atoms with Gasteiger partial charge in [0.1, 0.15) is 11.9 Å². The van der Waals surface area contributed by atoms with Crippen molar-refractivity contribution in [3.8, 4) is 6.07 Å².